The Morgan fingerprint density at radius 1 is 0.926 bits per heavy atom. The van der Waals surface area contributed by atoms with Gasteiger partial charge in [0.25, 0.3) is 0 Å². The van der Waals surface area contributed by atoms with E-state index in [2.05, 4.69) is 4.74 Å². The minimum atomic E-state index is -1.02. The molecule has 2 heterocycles. The lowest BCUT2D eigenvalue weighted by Crippen LogP contribution is -2.16. The van der Waals surface area contributed by atoms with Crippen LogP contribution in [0.15, 0.2) is 35.0 Å². The van der Waals surface area contributed by atoms with E-state index in [1.807, 2.05) is 0 Å². The number of carbonyl (C=O) groups is 2. The van der Waals surface area contributed by atoms with Crippen molar-refractivity contribution in [3.8, 4) is 20.9 Å². The van der Waals surface area contributed by atoms with Crippen molar-refractivity contribution in [2.75, 3.05) is 13.7 Å². The fraction of sp³-hybridized carbons (Fsp3) is 0.158. The molecule has 0 aliphatic rings. The van der Waals surface area contributed by atoms with Gasteiger partial charge in [0, 0.05) is 20.9 Å². The molecule has 3 aromatic rings. The Kier molecular flexibility index (Phi) is 5.67. The summed E-state index contributed by atoms with van der Waals surface area (Å²) in [7, 11) is 1.09. The molecule has 0 fully saturated rings. The zero-order valence-corrected chi connectivity index (χ0v) is 16.0. The van der Waals surface area contributed by atoms with Crippen molar-refractivity contribution in [1.29, 1.82) is 0 Å². The van der Waals surface area contributed by atoms with Gasteiger partial charge in [-0.1, -0.05) is 12.1 Å². The molecule has 27 heavy (non-hydrogen) atoms. The lowest BCUT2D eigenvalue weighted by atomic mass is 9.94. The molecule has 8 heteroatoms. The van der Waals surface area contributed by atoms with Crippen LogP contribution < -0.4 is 0 Å². The molecule has 0 aliphatic carbocycles. The molecular formula is C19H14F2O4S2. The fourth-order valence-electron chi connectivity index (χ4n) is 2.68. The number of carbonyl (C=O) groups excluding carboxylic acids is 2. The van der Waals surface area contributed by atoms with Crippen molar-refractivity contribution in [3.05, 3.63) is 57.8 Å². The van der Waals surface area contributed by atoms with Crippen molar-refractivity contribution < 1.29 is 27.8 Å². The van der Waals surface area contributed by atoms with Crippen molar-refractivity contribution >= 4 is 34.6 Å². The highest BCUT2D eigenvalue weighted by molar-refractivity contribution is 7.14. The molecular weight excluding hydrogens is 394 g/mol. The number of ether oxygens (including phenoxy) is 2. The smallest absolute Gasteiger partial charge is 0.341 e. The van der Waals surface area contributed by atoms with Gasteiger partial charge in [0.1, 0.15) is 22.8 Å². The van der Waals surface area contributed by atoms with Crippen LogP contribution in [0.1, 0.15) is 27.6 Å². The Morgan fingerprint density at radius 3 is 1.78 bits per heavy atom. The van der Waals surface area contributed by atoms with E-state index in [9.17, 15) is 9.59 Å². The van der Waals surface area contributed by atoms with E-state index in [1.165, 1.54) is 12.1 Å². The first kappa shape index (κ1) is 19.2. The number of thiophene rings is 2. The van der Waals surface area contributed by atoms with Gasteiger partial charge in [0.15, 0.2) is 0 Å². The molecule has 2 aromatic heterocycles. The molecule has 0 saturated heterocycles. The van der Waals surface area contributed by atoms with Gasteiger partial charge in [-0.3, -0.25) is 0 Å². The van der Waals surface area contributed by atoms with Crippen molar-refractivity contribution in [2.24, 2.45) is 0 Å². The van der Waals surface area contributed by atoms with Crippen molar-refractivity contribution in [2.45, 2.75) is 6.92 Å². The maximum Gasteiger partial charge on any atom is 0.341 e. The monoisotopic (exact) mass is 408 g/mol. The number of esters is 2. The number of hydrogen-bond donors (Lipinski definition) is 0. The Labute approximate surface area is 162 Å². The Balaban J connectivity index is 2.46. The van der Waals surface area contributed by atoms with E-state index in [-0.39, 0.29) is 17.7 Å². The summed E-state index contributed by atoms with van der Waals surface area (Å²) in [6.07, 6.45) is 0. The normalized spacial score (nSPS) is 10.7. The minimum absolute atomic E-state index is 0.00311. The molecule has 0 unspecified atom stereocenters. The summed E-state index contributed by atoms with van der Waals surface area (Å²) in [5.74, 6) is -4.05. The van der Waals surface area contributed by atoms with Crippen LogP contribution in [0, 0.1) is 11.6 Å². The third kappa shape index (κ3) is 3.38. The molecule has 140 valence electrons. The summed E-state index contributed by atoms with van der Waals surface area (Å²) in [5.41, 5.74) is -1.69. The molecule has 3 rings (SSSR count). The predicted octanol–water partition coefficient (Wildman–Crippen LogP) is 5.39. The van der Waals surface area contributed by atoms with E-state index in [1.54, 1.807) is 29.8 Å². The number of halogens is 2. The maximum atomic E-state index is 15.5. The first-order chi connectivity index (χ1) is 13.0. The summed E-state index contributed by atoms with van der Waals surface area (Å²) < 4.78 is 40.7. The molecule has 0 amide bonds. The standard InChI is InChI=1S/C19H14F2O4S2/c1-3-25-19(23)15-13(11-7-5-9-27-11)16(20)14(18(22)24-2)12(17(15)21)10-6-4-8-26-10/h4-9H,3H2,1-2H3. The summed E-state index contributed by atoms with van der Waals surface area (Å²) in [6.45, 7) is 1.57. The quantitative estimate of drug-likeness (QED) is 0.532. The molecule has 0 aliphatic heterocycles. The zero-order chi connectivity index (χ0) is 19.6. The average Bonchev–Trinajstić information content (AvgIpc) is 3.35. The lowest BCUT2D eigenvalue weighted by molar-refractivity contribution is 0.0518. The molecule has 0 saturated carbocycles. The molecule has 0 N–H and O–H groups in total. The molecule has 0 bridgehead atoms. The van der Waals surface area contributed by atoms with Crippen LogP contribution >= 0.6 is 22.7 Å². The van der Waals surface area contributed by atoms with Gasteiger partial charge < -0.3 is 9.47 Å². The number of rotatable bonds is 5. The van der Waals surface area contributed by atoms with Crippen LogP contribution in [0.4, 0.5) is 8.78 Å². The largest absolute Gasteiger partial charge is 0.465 e. The number of methoxy groups -OCH3 is 1. The van der Waals surface area contributed by atoms with E-state index in [4.69, 9.17) is 4.74 Å². The van der Waals surface area contributed by atoms with Gasteiger partial charge in [-0.25, -0.2) is 18.4 Å². The highest BCUT2D eigenvalue weighted by Crippen LogP contribution is 2.41. The second-order valence-electron chi connectivity index (χ2n) is 5.29. The van der Waals surface area contributed by atoms with Gasteiger partial charge in [-0.05, 0) is 29.8 Å². The predicted molar refractivity (Wildman–Crippen MR) is 100 cm³/mol. The zero-order valence-electron chi connectivity index (χ0n) is 14.4. The summed E-state index contributed by atoms with van der Waals surface area (Å²) >= 11 is 2.23. The lowest BCUT2D eigenvalue weighted by Gasteiger charge is -2.17. The van der Waals surface area contributed by atoms with Crippen LogP contribution in [-0.4, -0.2) is 25.7 Å². The van der Waals surface area contributed by atoms with Gasteiger partial charge in [-0.15, -0.1) is 22.7 Å². The molecule has 1 aromatic carbocycles. The summed E-state index contributed by atoms with van der Waals surface area (Å²) in [4.78, 5) is 25.4. The third-order valence-electron chi connectivity index (χ3n) is 3.78. The maximum absolute atomic E-state index is 15.5. The van der Waals surface area contributed by atoms with Crippen LogP contribution in [-0.2, 0) is 9.47 Å². The van der Waals surface area contributed by atoms with E-state index < -0.39 is 34.7 Å². The SMILES string of the molecule is CCOC(=O)c1c(F)c(-c2cccs2)c(C(=O)OC)c(F)c1-c1cccs1. The van der Waals surface area contributed by atoms with Gasteiger partial charge in [0.2, 0.25) is 0 Å². The number of hydrogen-bond acceptors (Lipinski definition) is 6. The first-order valence-electron chi connectivity index (χ1n) is 7.89. The van der Waals surface area contributed by atoms with Crippen molar-refractivity contribution in [1.82, 2.24) is 0 Å². The van der Waals surface area contributed by atoms with Crippen LogP contribution in [0.3, 0.4) is 0 Å². The second-order valence-corrected chi connectivity index (χ2v) is 7.19. The third-order valence-corrected chi connectivity index (χ3v) is 5.56. The van der Waals surface area contributed by atoms with Crippen LogP contribution in [0.2, 0.25) is 0 Å². The van der Waals surface area contributed by atoms with Crippen LogP contribution in [0.5, 0.6) is 0 Å². The molecule has 0 atom stereocenters. The van der Waals surface area contributed by atoms with Crippen LogP contribution in [0.25, 0.3) is 20.9 Å². The van der Waals surface area contributed by atoms with Crippen molar-refractivity contribution in [3.63, 3.8) is 0 Å². The minimum Gasteiger partial charge on any atom is -0.465 e. The number of benzene rings is 1. The van der Waals surface area contributed by atoms with E-state index in [0.717, 1.165) is 29.8 Å². The molecule has 0 spiro atoms. The highest BCUT2D eigenvalue weighted by atomic mass is 32.1. The molecule has 0 radical (unpaired) electrons. The first-order valence-corrected chi connectivity index (χ1v) is 9.65. The summed E-state index contributed by atoms with van der Waals surface area (Å²) in [5, 5.41) is 3.32. The Hall–Kier alpha value is -2.58. The van der Waals surface area contributed by atoms with Gasteiger partial charge >= 0.3 is 11.9 Å². The Morgan fingerprint density at radius 2 is 1.41 bits per heavy atom. The second kappa shape index (κ2) is 7.98. The highest BCUT2D eigenvalue weighted by Gasteiger charge is 2.34. The Bertz CT molecular complexity index is 980. The topological polar surface area (TPSA) is 52.6 Å². The van der Waals surface area contributed by atoms with Gasteiger partial charge in [0.05, 0.1) is 13.7 Å². The average molecular weight is 408 g/mol. The molecule has 4 nitrogen and oxygen atoms in total. The summed E-state index contributed by atoms with van der Waals surface area (Å²) in [6, 6.07) is 6.35. The fourth-order valence-corrected chi connectivity index (χ4v) is 4.22. The van der Waals surface area contributed by atoms with Gasteiger partial charge in [-0.2, -0.15) is 0 Å². The van der Waals surface area contributed by atoms with E-state index >= 15 is 8.78 Å². The van der Waals surface area contributed by atoms with E-state index in [0.29, 0.717) is 9.75 Å².